The molecule has 0 amide bonds. The van der Waals surface area contributed by atoms with Gasteiger partial charge in [-0.15, -0.1) is 0 Å². The molecule has 98 valence electrons. The second-order valence-electron chi connectivity index (χ2n) is 3.69. The summed E-state index contributed by atoms with van der Waals surface area (Å²) in [6, 6.07) is 5.62. The minimum atomic E-state index is 0.137. The number of anilines is 2. The van der Waals surface area contributed by atoms with Gasteiger partial charge in [0.15, 0.2) is 6.29 Å². The molecule has 1 N–H and O–H groups in total. The first kappa shape index (κ1) is 14.4. The van der Waals surface area contributed by atoms with E-state index in [1.807, 2.05) is 18.2 Å². The van der Waals surface area contributed by atoms with Gasteiger partial charge in [-0.05, 0) is 41.1 Å². The van der Waals surface area contributed by atoms with E-state index in [1.165, 1.54) is 0 Å². The van der Waals surface area contributed by atoms with Gasteiger partial charge in [-0.1, -0.05) is 27.5 Å². The molecule has 1 aromatic heterocycles. The maximum Gasteiger partial charge on any atom is 0.156 e. The van der Waals surface area contributed by atoms with Gasteiger partial charge in [-0.3, -0.25) is 4.79 Å². The van der Waals surface area contributed by atoms with Crippen LogP contribution in [-0.4, -0.2) is 16.3 Å². The Kier molecular flexibility index (Phi) is 4.54. The highest BCUT2D eigenvalue weighted by Gasteiger charge is 2.12. The molecule has 0 spiro atoms. The molecule has 0 saturated carbocycles. The van der Waals surface area contributed by atoms with Crippen molar-refractivity contribution in [2.24, 2.45) is 0 Å². The van der Waals surface area contributed by atoms with Crippen LogP contribution < -0.4 is 5.32 Å². The lowest BCUT2D eigenvalue weighted by Crippen LogP contribution is -2.03. The summed E-state index contributed by atoms with van der Waals surface area (Å²) in [6.07, 6.45) is 0.636. The Morgan fingerprint density at radius 3 is 2.68 bits per heavy atom. The molecule has 1 aromatic carbocycles. The molecule has 0 fully saturated rings. The molecule has 0 unspecified atom stereocenters. The Morgan fingerprint density at radius 1 is 1.32 bits per heavy atom. The van der Waals surface area contributed by atoms with Crippen molar-refractivity contribution in [3.8, 4) is 0 Å². The zero-order chi connectivity index (χ0) is 14.0. The number of nitrogens with one attached hydrogen (secondary N) is 1. The largest absolute Gasteiger partial charge is 0.339 e. The number of carbonyl (C=O) groups excluding carboxylic acids is 1. The fraction of sp³-hybridized carbons (Fsp3) is 0.0833. The number of carbonyl (C=O) groups is 1. The number of rotatable bonds is 3. The number of nitrogens with zero attached hydrogens (tertiary/aromatic N) is 2. The minimum Gasteiger partial charge on any atom is -0.339 e. The molecule has 0 aliphatic rings. The molecule has 19 heavy (non-hydrogen) atoms. The standard InChI is InChI=1S/C12H8Br2ClN3O/c1-6-16-11(15)8(5-19)12(17-6)18-10-3-2-7(13)4-9(10)14/h2-5H,1H3,(H,16,17,18). The van der Waals surface area contributed by atoms with Crippen molar-refractivity contribution < 1.29 is 4.79 Å². The Hall–Kier alpha value is -0.980. The quantitative estimate of drug-likeness (QED) is 0.603. The van der Waals surface area contributed by atoms with Crippen molar-refractivity contribution in [3.05, 3.63) is 43.7 Å². The van der Waals surface area contributed by atoms with E-state index in [1.54, 1.807) is 6.92 Å². The van der Waals surface area contributed by atoms with Gasteiger partial charge in [0.25, 0.3) is 0 Å². The molecular formula is C12H8Br2ClN3O. The average molecular weight is 405 g/mol. The Balaban J connectivity index is 2.45. The molecule has 0 saturated heterocycles. The van der Waals surface area contributed by atoms with E-state index in [-0.39, 0.29) is 10.7 Å². The zero-order valence-corrected chi connectivity index (χ0v) is 13.7. The van der Waals surface area contributed by atoms with Crippen LogP contribution in [-0.2, 0) is 0 Å². The van der Waals surface area contributed by atoms with Crippen LogP contribution in [0.25, 0.3) is 0 Å². The average Bonchev–Trinajstić information content (AvgIpc) is 2.32. The van der Waals surface area contributed by atoms with Crippen LogP contribution in [0.2, 0.25) is 5.15 Å². The first-order valence-electron chi connectivity index (χ1n) is 5.22. The second-order valence-corrected chi connectivity index (χ2v) is 5.82. The van der Waals surface area contributed by atoms with Crippen LogP contribution in [0, 0.1) is 6.92 Å². The SMILES string of the molecule is Cc1nc(Cl)c(C=O)c(Nc2ccc(Br)cc2Br)n1. The Bertz CT molecular complexity index is 649. The lowest BCUT2D eigenvalue weighted by atomic mass is 10.3. The first-order chi connectivity index (χ1) is 9.01. The molecule has 2 rings (SSSR count). The van der Waals surface area contributed by atoms with Crippen LogP contribution >= 0.6 is 43.5 Å². The van der Waals surface area contributed by atoms with Crippen LogP contribution in [0.3, 0.4) is 0 Å². The number of hydrogen-bond donors (Lipinski definition) is 1. The summed E-state index contributed by atoms with van der Waals surface area (Å²) >= 11 is 12.7. The topological polar surface area (TPSA) is 54.9 Å². The zero-order valence-electron chi connectivity index (χ0n) is 9.75. The van der Waals surface area contributed by atoms with Gasteiger partial charge in [0.2, 0.25) is 0 Å². The van der Waals surface area contributed by atoms with Gasteiger partial charge in [-0.2, -0.15) is 0 Å². The van der Waals surface area contributed by atoms with E-state index in [0.717, 1.165) is 14.6 Å². The van der Waals surface area contributed by atoms with E-state index in [9.17, 15) is 4.79 Å². The van der Waals surface area contributed by atoms with Crippen molar-refractivity contribution in [1.82, 2.24) is 9.97 Å². The summed E-state index contributed by atoms with van der Waals surface area (Å²) in [5, 5.41) is 3.20. The van der Waals surface area contributed by atoms with Crippen molar-refractivity contribution in [2.45, 2.75) is 6.92 Å². The Labute approximate surface area is 131 Å². The lowest BCUT2D eigenvalue weighted by Gasteiger charge is -2.11. The summed E-state index contributed by atoms with van der Waals surface area (Å²) in [5.74, 6) is 0.877. The molecular weight excluding hydrogens is 397 g/mol. The molecule has 7 heteroatoms. The third-order valence-electron chi connectivity index (χ3n) is 2.31. The molecule has 0 atom stereocenters. The molecule has 1 heterocycles. The third-order valence-corrected chi connectivity index (χ3v) is 3.75. The first-order valence-corrected chi connectivity index (χ1v) is 7.19. The predicted molar refractivity (Wildman–Crippen MR) is 82.3 cm³/mol. The molecule has 0 aliphatic heterocycles. The number of aromatic nitrogens is 2. The van der Waals surface area contributed by atoms with Gasteiger partial charge >= 0.3 is 0 Å². The normalized spacial score (nSPS) is 10.3. The smallest absolute Gasteiger partial charge is 0.156 e. The van der Waals surface area contributed by atoms with Crippen LogP contribution in [0.5, 0.6) is 0 Å². The monoisotopic (exact) mass is 403 g/mol. The molecule has 2 aromatic rings. The number of halogens is 3. The molecule has 0 radical (unpaired) electrons. The van der Waals surface area contributed by atoms with Gasteiger partial charge in [0.1, 0.15) is 16.8 Å². The van der Waals surface area contributed by atoms with Crippen molar-refractivity contribution in [1.29, 1.82) is 0 Å². The highest BCUT2D eigenvalue weighted by atomic mass is 79.9. The van der Waals surface area contributed by atoms with E-state index in [2.05, 4.69) is 47.1 Å². The molecule has 0 bridgehead atoms. The van der Waals surface area contributed by atoms with E-state index < -0.39 is 0 Å². The summed E-state index contributed by atoms with van der Waals surface area (Å²) in [4.78, 5) is 19.2. The molecule has 0 aliphatic carbocycles. The number of hydrogen-bond acceptors (Lipinski definition) is 4. The van der Waals surface area contributed by atoms with Crippen molar-refractivity contribution in [3.63, 3.8) is 0 Å². The maximum absolute atomic E-state index is 11.1. The Morgan fingerprint density at radius 2 is 2.05 bits per heavy atom. The highest BCUT2D eigenvalue weighted by molar-refractivity contribution is 9.11. The van der Waals surface area contributed by atoms with E-state index in [0.29, 0.717) is 17.9 Å². The van der Waals surface area contributed by atoms with Crippen LogP contribution in [0.4, 0.5) is 11.5 Å². The van der Waals surface area contributed by atoms with Gasteiger partial charge < -0.3 is 5.32 Å². The minimum absolute atomic E-state index is 0.137. The third kappa shape index (κ3) is 3.32. The second kappa shape index (κ2) is 5.98. The summed E-state index contributed by atoms with van der Waals surface area (Å²) < 4.78 is 1.78. The number of benzene rings is 1. The van der Waals surface area contributed by atoms with E-state index >= 15 is 0 Å². The van der Waals surface area contributed by atoms with Crippen molar-refractivity contribution in [2.75, 3.05) is 5.32 Å². The fourth-order valence-electron chi connectivity index (χ4n) is 1.47. The fourth-order valence-corrected chi connectivity index (χ4v) is 2.87. The highest BCUT2D eigenvalue weighted by Crippen LogP contribution is 2.30. The van der Waals surface area contributed by atoms with Crippen LogP contribution in [0.15, 0.2) is 27.1 Å². The van der Waals surface area contributed by atoms with Gasteiger partial charge in [-0.25, -0.2) is 9.97 Å². The van der Waals surface area contributed by atoms with Crippen LogP contribution in [0.1, 0.15) is 16.2 Å². The lowest BCUT2D eigenvalue weighted by molar-refractivity contribution is 0.112. The van der Waals surface area contributed by atoms with E-state index in [4.69, 9.17) is 11.6 Å². The maximum atomic E-state index is 11.1. The van der Waals surface area contributed by atoms with Crippen molar-refractivity contribution >= 4 is 61.3 Å². The number of aryl methyl sites for hydroxylation is 1. The van der Waals surface area contributed by atoms with Gasteiger partial charge in [0, 0.05) is 8.95 Å². The number of aldehydes is 1. The predicted octanol–water partition coefficient (Wildman–Crippen LogP) is 4.52. The molecule has 4 nitrogen and oxygen atoms in total. The summed E-state index contributed by atoms with van der Waals surface area (Å²) in [5.41, 5.74) is 1.02. The van der Waals surface area contributed by atoms with Gasteiger partial charge in [0.05, 0.1) is 11.3 Å². The summed E-state index contributed by atoms with van der Waals surface area (Å²) in [7, 11) is 0. The summed E-state index contributed by atoms with van der Waals surface area (Å²) in [6.45, 7) is 1.71.